The molecule has 1 atom stereocenters. The lowest BCUT2D eigenvalue weighted by Crippen LogP contribution is -2.32. The molecule has 1 saturated heterocycles. The zero-order valence-corrected chi connectivity index (χ0v) is 11.2. The number of nitrogens with one attached hydrogen (secondary N) is 1. The number of hydrogen-bond donors (Lipinski definition) is 2. The Morgan fingerprint density at radius 1 is 1.53 bits per heavy atom. The smallest absolute Gasteiger partial charge is 0.121 e. The van der Waals surface area contributed by atoms with Gasteiger partial charge >= 0.3 is 0 Å². The van der Waals surface area contributed by atoms with E-state index < -0.39 is 0 Å². The van der Waals surface area contributed by atoms with E-state index in [1.807, 2.05) is 10.7 Å². The van der Waals surface area contributed by atoms with Crippen molar-refractivity contribution in [2.45, 2.75) is 45.6 Å². The Hall–Kier alpha value is -1.03. The minimum Gasteiger partial charge on any atom is -0.384 e. The van der Waals surface area contributed by atoms with Crippen molar-refractivity contribution in [3.05, 3.63) is 11.8 Å². The van der Waals surface area contributed by atoms with Crippen LogP contribution < -0.4 is 11.1 Å². The van der Waals surface area contributed by atoms with Gasteiger partial charge in [-0.1, -0.05) is 20.8 Å². The monoisotopic (exact) mass is 236 g/mol. The normalized spacial score (nSPS) is 21.7. The van der Waals surface area contributed by atoms with Crippen molar-refractivity contribution in [2.75, 3.05) is 18.8 Å². The van der Waals surface area contributed by atoms with E-state index in [0.29, 0.717) is 5.92 Å². The molecule has 1 aromatic rings. The summed E-state index contributed by atoms with van der Waals surface area (Å²) < 4.78 is 1.97. The summed E-state index contributed by atoms with van der Waals surface area (Å²) >= 11 is 0. The molecule has 4 nitrogen and oxygen atoms in total. The van der Waals surface area contributed by atoms with Gasteiger partial charge in [0.25, 0.3) is 0 Å². The van der Waals surface area contributed by atoms with Crippen molar-refractivity contribution in [2.24, 2.45) is 5.92 Å². The van der Waals surface area contributed by atoms with Crippen LogP contribution in [0.15, 0.2) is 6.07 Å². The van der Waals surface area contributed by atoms with Gasteiger partial charge in [-0.05, 0) is 31.8 Å². The zero-order valence-electron chi connectivity index (χ0n) is 11.2. The maximum atomic E-state index is 6.04. The van der Waals surface area contributed by atoms with E-state index in [1.54, 1.807) is 0 Å². The third kappa shape index (κ3) is 3.00. The first-order valence-electron chi connectivity index (χ1n) is 6.51. The molecular weight excluding hydrogens is 212 g/mol. The molecule has 0 aromatic carbocycles. The first-order valence-corrected chi connectivity index (χ1v) is 6.51. The Bertz CT molecular complexity index is 369. The number of nitrogen functional groups attached to an aromatic ring is 1. The highest BCUT2D eigenvalue weighted by Gasteiger charge is 2.21. The molecule has 17 heavy (non-hydrogen) atoms. The number of aromatic nitrogens is 2. The molecule has 2 rings (SSSR count). The molecule has 96 valence electrons. The predicted octanol–water partition coefficient (Wildman–Crippen LogP) is 1.76. The van der Waals surface area contributed by atoms with E-state index in [9.17, 15) is 0 Å². The van der Waals surface area contributed by atoms with Crippen LogP contribution in [-0.2, 0) is 12.0 Å². The molecule has 0 amide bonds. The SMILES string of the molecule is CC(C)(C)c1cc(N)n(C[C@@H]2CCCNC2)n1. The van der Waals surface area contributed by atoms with E-state index in [1.165, 1.54) is 12.8 Å². The van der Waals surface area contributed by atoms with Crippen LogP contribution in [0.2, 0.25) is 0 Å². The second-order valence-corrected chi connectivity index (χ2v) is 6.10. The zero-order chi connectivity index (χ0) is 12.5. The van der Waals surface area contributed by atoms with Crippen molar-refractivity contribution in [1.29, 1.82) is 0 Å². The van der Waals surface area contributed by atoms with Crippen LogP contribution in [0.25, 0.3) is 0 Å². The van der Waals surface area contributed by atoms with Crippen LogP contribution in [0.3, 0.4) is 0 Å². The van der Waals surface area contributed by atoms with Crippen molar-refractivity contribution in [3.63, 3.8) is 0 Å². The summed E-state index contributed by atoms with van der Waals surface area (Å²) in [4.78, 5) is 0. The largest absolute Gasteiger partial charge is 0.384 e. The van der Waals surface area contributed by atoms with Crippen molar-refractivity contribution >= 4 is 5.82 Å². The van der Waals surface area contributed by atoms with Crippen LogP contribution in [0.1, 0.15) is 39.3 Å². The molecule has 3 N–H and O–H groups in total. The van der Waals surface area contributed by atoms with Gasteiger partial charge in [0.1, 0.15) is 5.82 Å². The lowest BCUT2D eigenvalue weighted by atomic mass is 9.92. The maximum Gasteiger partial charge on any atom is 0.121 e. The number of hydrogen-bond acceptors (Lipinski definition) is 3. The standard InChI is InChI=1S/C13H24N4/c1-13(2,3)11-7-12(14)17(16-11)9-10-5-4-6-15-8-10/h7,10,15H,4-6,8-9,14H2,1-3H3/t10-/m1/s1. The number of piperidine rings is 1. The predicted molar refractivity (Wildman–Crippen MR) is 70.9 cm³/mol. The molecule has 4 heteroatoms. The third-order valence-corrected chi connectivity index (χ3v) is 3.41. The molecule has 0 saturated carbocycles. The van der Waals surface area contributed by atoms with Gasteiger partial charge in [-0.25, -0.2) is 4.68 Å². The van der Waals surface area contributed by atoms with E-state index in [2.05, 4.69) is 31.2 Å². The summed E-state index contributed by atoms with van der Waals surface area (Å²) in [6.07, 6.45) is 2.54. The Balaban J connectivity index is 2.07. The molecule has 0 radical (unpaired) electrons. The first kappa shape index (κ1) is 12.4. The molecule has 2 heterocycles. The number of rotatable bonds is 2. The number of anilines is 1. The molecule has 1 aliphatic rings. The quantitative estimate of drug-likeness (QED) is 0.822. The molecule has 1 aromatic heterocycles. The molecule has 1 aliphatic heterocycles. The van der Waals surface area contributed by atoms with Crippen molar-refractivity contribution in [1.82, 2.24) is 15.1 Å². The van der Waals surface area contributed by atoms with Gasteiger partial charge in [0.15, 0.2) is 0 Å². The van der Waals surface area contributed by atoms with Crippen LogP contribution in [0.5, 0.6) is 0 Å². The van der Waals surface area contributed by atoms with E-state index in [-0.39, 0.29) is 5.41 Å². The molecule has 0 spiro atoms. The third-order valence-electron chi connectivity index (χ3n) is 3.41. The molecule has 0 unspecified atom stereocenters. The van der Waals surface area contributed by atoms with Gasteiger partial charge in [-0.15, -0.1) is 0 Å². The Labute approximate surface area is 104 Å². The van der Waals surface area contributed by atoms with E-state index >= 15 is 0 Å². The molecule has 1 fully saturated rings. The topological polar surface area (TPSA) is 55.9 Å². The summed E-state index contributed by atoms with van der Waals surface area (Å²) in [6.45, 7) is 9.68. The van der Waals surface area contributed by atoms with Crippen molar-refractivity contribution in [3.8, 4) is 0 Å². The summed E-state index contributed by atoms with van der Waals surface area (Å²) in [5, 5.41) is 8.07. The first-order chi connectivity index (χ1) is 7.97. The Morgan fingerprint density at radius 2 is 2.29 bits per heavy atom. The Kier molecular flexibility index (Phi) is 3.43. The Morgan fingerprint density at radius 3 is 2.82 bits per heavy atom. The van der Waals surface area contributed by atoms with Gasteiger partial charge in [0, 0.05) is 18.0 Å². The van der Waals surface area contributed by atoms with Crippen molar-refractivity contribution < 1.29 is 0 Å². The molecular formula is C13H24N4. The van der Waals surface area contributed by atoms with Gasteiger partial charge < -0.3 is 11.1 Å². The number of nitrogens with two attached hydrogens (primary N) is 1. The average molecular weight is 236 g/mol. The van der Waals surface area contributed by atoms with Crippen LogP contribution in [0, 0.1) is 5.92 Å². The highest BCUT2D eigenvalue weighted by atomic mass is 15.3. The maximum absolute atomic E-state index is 6.04. The fourth-order valence-electron chi connectivity index (χ4n) is 2.27. The van der Waals surface area contributed by atoms with Gasteiger partial charge in [0.2, 0.25) is 0 Å². The van der Waals surface area contributed by atoms with E-state index in [4.69, 9.17) is 5.73 Å². The highest BCUT2D eigenvalue weighted by Crippen LogP contribution is 2.23. The summed E-state index contributed by atoms with van der Waals surface area (Å²) in [7, 11) is 0. The lowest BCUT2D eigenvalue weighted by Gasteiger charge is -2.23. The summed E-state index contributed by atoms with van der Waals surface area (Å²) in [6, 6.07) is 2.01. The number of nitrogens with zero attached hydrogens (tertiary/aromatic N) is 2. The van der Waals surface area contributed by atoms with Crippen LogP contribution >= 0.6 is 0 Å². The highest BCUT2D eigenvalue weighted by molar-refractivity contribution is 5.33. The van der Waals surface area contributed by atoms with Gasteiger partial charge in [-0.2, -0.15) is 5.10 Å². The van der Waals surface area contributed by atoms with E-state index in [0.717, 1.165) is 31.1 Å². The fourth-order valence-corrected chi connectivity index (χ4v) is 2.27. The molecule has 0 bridgehead atoms. The fraction of sp³-hybridized carbons (Fsp3) is 0.769. The molecule has 0 aliphatic carbocycles. The minimum absolute atomic E-state index is 0.0736. The average Bonchev–Trinajstić information content (AvgIpc) is 2.62. The van der Waals surface area contributed by atoms with Gasteiger partial charge in [-0.3, -0.25) is 0 Å². The van der Waals surface area contributed by atoms with Gasteiger partial charge in [0.05, 0.1) is 5.69 Å². The summed E-state index contributed by atoms with van der Waals surface area (Å²) in [5.74, 6) is 1.46. The lowest BCUT2D eigenvalue weighted by molar-refractivity contribution is 0.325. The second-order valence-electron chi connectivity index (χ2n) is 6.10. The second kappa shape index (κ2) is 4.69. The van der Waals surface area contributed by atoms with Crippen LogP contribution in [0.4, 0.5) is 5.82 Å². The van der Waals surface area contributed by atoms with Crippen LogP contribution in [-0.4, -0.2) is 22.9 Å². The minimum atomic E-state index is 0.0736. The summed E-state index contributed by atoms with van der Waals surface area (Å²) in [5.41, 5.74) is 7.19.